The molecular weight excluding hydrogens is 481 g/mol. The molecule has 204 valence electrons. The molecule has 2 amide bonds. The van der Waals surface area contributed by atoms with Crippen LogP contribution in [0.1, 0.15) is 68.1 Å². The summed E-state index contributed by atoms with van der Waals surface area (Å²) in [5.74, 6) is 0.0667. The van der Waals surface area contributed by atoms with Crippen LogP contribution in [0.5, 0.6) is 5.75 Å². The third-order valence-corrected chi connectivity index (χ3v) is 6.92. The van der Waals surface area contributed by atoms with Gasteiger partial charge in [0, 0.05) is 36.6 Å². The summed E-state index contributed by atoms with van der Waals surface area (Å²) < 4.78 is 20.9. The lowest BCUT2D eigenvalue weighted by Gasteiger charge is -2.32. The first-order chi connectivity index (χ1) is 18.4. The third kappa shape index (κ3) is 7.94. The van der Waals surface area contributed by atoms with Crippen LogP contribution < -0.4 is 4.74 Å². The number of benzene rings is 2. The third-order valence-electron chi connectivity index (χ3n) is 6.92. The molecule has 1 unspecified atom stereocenters. The summed E-state index contributed by atoms with van der Waals surface area (Å²) in [5, 5.41) is 0. The molecule has 0 radical (unpaired) electrons. The molecule has 0 aliphatic heterocycles. The maximum atomic E-state index is 13.7. The average molecular weight is 522 g/mol. The van der Waals surface area contributed by atoms with Crippen LogP contribution >= 0.6 is 0 Å². The highest BCUT2D eigenvalue weighted by Gasteiger charge is 2.25. The first kappa shape index (κ1) is 29.0. The summed E-state index contributed by atoms with van der Waals surface area (Å²) in [5.41, 5.74) is 2.51. The molecule has 0 aliphatic rings. The molecule has 6 nitrogen and oxygen atoms in total. The minimum atomic E-state index is -0.393. The van der Waals surface area contributed by atoms with Crippen molar-refractivity contribution in [1.82, 2.24) is 14.4 Å². The van der Waals surface area contributed by atoms with E-state index in [2.05, 4.69) is 24.5 Å². The number of rotatable bonds is 14. The van der Waals surface area contributed by atoms with E-state index in [1.165, 1.54) is 24.3 Å². The Morgan fingerprint density at radius 2 is 1.79 bits per heavy atom. The minimum absolute atomic E-state index is 0.00100. The zero-order valence-corrected chi connectivity index (χ0v) is 23.0. The fraction of sp³-hybridized carbons (Fsp3) is 0.419. The highest BCUT2D eigenvalue weighted by molar-refractivity contribution is 5.96. The summed E-state index contributed by atoms with van der Waals surface area (Å²) in [4.78, 5) is 30.5. The number of halogens is 1. The number of nitrogens with zero attached hydrogens (tertiary/aromatic N) is 3. The van der Waals surface area contributed by atoms with Gasteiger partial charge >= 0.3 is 0 Å². The van der Waals surface area contributed by atoms with Crippen molar-refractivity contribution in [1.29, 1.82) is 0 Å². The molecule has 38 heavy (non-hydrogen) atoms. The summed E-state index contributed by atoms with van der Waals surface area (Å²) in [6.45, 7) is 7.77. The van der Waals surface area contributed by atoms with Crippen molar-refractivity contribution in [2.24, 2.45) is 0 Å². The molecule has 1 aromatic heterocycles. The monoisotopic (exact) mass is 521 g/mol. The van der Waals surface area contributed by atoms with Gasteiger partial charge in [-0.3, -0.25) is 9.59 Å². The van der Waals surface area contributed by atoms with Crippen LogP contribution in [0.2, 0.25) is 0 Å². The molecular formula is C31H40FN3O3. The number of methoxy groups -OCH3 is 1. The van der Waals surface area contributed by atoms with Gasteiger partial charge in [0.2, 0.25) is 5.91 Å². The predicted molar refractivity (Wildman–Crippen MR) is 149 cm³/mol. The molecule has 1 heterocycles. The normalized spacial score (nSPS) is 11.7. The van der Waals surface area contributed by atoms with Gasteiger partial charge in [0.25, 0.3) is 5.91 Å². The fourth-order valence-electron chi connectivity index (χ4n) is 4.43. The lowest BCUT2D eigenvalue weighted by Crippen LogP contribution is -2.46. The summed E-state index contributed by atoms with van der Waals surface area (Å²) in [7, 11) is 1.65. The highest BCUT2D eigenvalue weighted by Crippen LogP contribution is 2.18. The number of aromatic nitrogens is 1. The van der Waals surface area contributed by atoms with E-state index in [0.717, 1.165) is 42.7 Å². The standard InChI is InChI=1S/C31H40FN3O3/c1-5-7-8-18-34(31(37)26-14-16-27(32)17-15-26)23-30(36)35(24(3)6-2)22-28-12-10-19-33(28)21-25-11-9-13-29(20-25)38-4/h9-17,19-20,24H,5-8,18,21-23H2,1-4H3. The maximum Gasteiger partial charge on any atom is 0.254 e. The van der Waals surface area contributed by atoms with Gasteiger partial charge in [-0.15, -0.1) is 0 Å². The van der Waals surface area contributed by atoms with Gasteiger partial charge in [-0.25, -0.2) is 4.39 Å². The van der Waals surface area contributed by atoms with Crippen LogP contribution in [-0.2, 0) is 17.9 Å². The van der Waals surface area contributed by atoms with E-state index in [9.17, 15) is 14.0 Å². The van der Waals surface area contributed by atoms with Gasteiger partial charge in [-0.1, -0.05) is 38.8 Å². The van der Waals surface area contributed by atoms with E-state index in [1.54, 1.807) is 12.0 Å². The molecule has 0 N–H and O–H groups in total. The number of ether oxygens (including phenoxy) is 1. The van der Waals surface area contributed by atoms with E-state index >= 15 is 0 Å². The van der Waals surface area contributed by atoms with Crippen molar-refractivity contribution < 1.29 is 18.7 Å². The Hall–Kier alpha value is -3.61. The molecule has 0 saturated carbocycles. The maximum absolute atomic E-state index is 13.7. The van der Waals surface area contributed by atoms with Crippen molar-refractivity contribution in [2.45, 2.75) is 65.6 Å². The Balaban J connectivity index is 1.79. The number of carbonyl (C=O) groups is 2. The van der Waals surface area contributed by atoms with Crippen molar-refractivity contribution in [3.63, 3.8) is 0 Å². The highest BCUT2D eigenvalue weighted by atomic mass is 19.1. The largest absolute Gasteiger partial charge is 0.497 e. The topological polar surface area (TPSA) is 54.8 Å². The second-order valence-corrected chi connectivity index (χ2v) is 9.70. The zero-order chi connectivity index (χ0) is 27.5. The first-order valence-corrected chi connectivity index (χ1v) is 13.5. The second kappa shape index (κ2) is 14.4. The van der Waals surface area contributed by atoms with Crippen LogP contribution in [0.15, 0.2) is 66.9 Å². The fourth-order valence-corrected chi connectivity index (χ4v) is 4.43. The van der Waals surface area contributed by atoms with Crippen LogP contribution in [0.25, 0.3) is 0 Å². The number of hydrogen-bond donors (Lipinski definition) is 0. The van der Waals surface area contributed by atoms with Crippen LogP contribution in [-0.4, -0.2) is 52.4 Å². The van der Waals surface area contributed by atoms with Gasteiger partial charge in [0.1, 0.15) is 18.1 Å². The SMILES string of the molecule is CCCCCN(CC(=O)N(Cc1cccn1Cc1cccc(OC)c1)C(C)CC)C(=O)c1ccc(F)cc1. The number of hydrogen-bond acceptors (Lipinski definition) is 3. The smallest absolute Gasteiger partial charge is 0.254 e. The Morgan fingerprint density at radius 1 is 1.03 bits per heavy atom. The van der Waals surface area contributed by atoms with Crippen LogP contribution in [0.3, 0.4) is 0 Å². The van der Waals surface area contributed by atoms with Crippen molar-refractivity contribution in [3.05, 3.63) is 89.5 Å². The number of amides is 2. The van der Waals surface area contributed by atoms with Gasteiger partial charge in [-0.05, 0) is 73.9 Å². The van der Waals surface area contributed by atoms with E-state index in [0.29, 0.717) is 25.2 Å². The Bertz CT molecular complexity index is 1180. The molecule has 7 heteroatoms. The van der Waals surface area contributed by atoms with Crippen molar-refractivity contribution in [3.8, 4) is 5.75 Å². The molecule has 3 aromatic rings. The number of unbranched alkanes of at least 4 members (excludes halogenated alkanes) is 2. The predicted octanol–water partition coefficient (Wildman–Crippen LogP) is 6.14. The van der Waals surface area contributed by atoms with Gasteiger partial charge in [-0.2, -0.15) is 0 Å². The average Bonchev–Trinajstić information content (AvgIpc) is 3.37. The summed E-state index contributed by atoms with van der Waals surface area (Å²) >= 11 is 0. The van der Waals surface area contributed by atoms with E-state index in [1.807, 2.05) is 48.4 Å². The van der Waals surface area contributed by atoms with Gasteiger partial charge in [0.15, 0.2) is 0 Å². The molecule has 0 aliphatic carbocycles. The second-order valence-electron chi connectivity index (χ2n) is 9.70. The number of carbonyl (C=O) groups excluding carboxylic acids is 2. The molecule has 3 rings (SSSR count). The molecule has 1 atom stereocenters. The summed E-state index contributed by atoms with van der Waals surface area (Å²) in [6, 6.07) is 17.5. The Kier molecular flexibility index (Phi) is 10.9. The quantitative estimate of drug-likeness (QED) is 0.239. The first-order valence-electron chi connectivity index (χ1n) is 13.5. The van der Waals surface area contributed by atoms with Crippen molar-refractivity contribution >= 4 is 11.8 Å². The summed E-state index contributed by atoms with van der Waals surface area (Å²) in [6.07, 6.45) is 5.60. The van der Waals surface area contributed by atoms with E-state index in [4.69, 9.17) is 4.74 Å². The molecule has 0 saturated heterocycles. The van der Waals surface area contributed by atoms with Crippen LogP contribution in [0.4, 0.5) is 4.39 Å². The minimum Gasteiger partial charge on any atom is -0.497 e. The Labute approximate surface area is 226 Å². The lowest BCUT2D eigenvalue weighted by molar-refractivity contribution is -0.134. The molecule has 0 spiro atoms. The molecule has 0 bridgehead atoms. The van der Waals surface area contributed by atoms with Crippen LogP contribution in [0, 0.1) is 5.82 Å². The van der Waals surface area contributed by atoms with E-state index < -0.39 is 5.82 Å². The van der Waals surface area contributed by atoms with Gasteiger partial charge < -0.3 is 19.1 Å². The molecule has 2 aromatic carbocycles. The van der Waals surface area contributed by atoms with Crippen molar-refractivity contribution in [2.75, 3.05) is 20.2 Å². The van der Waals surface area contributed by atoms with Gasteiger partial charge in [0.05, 0.1) is 13.7 Å². The zero-order valence-electron chi connectivity index (χ0n) is 23.0. The molecule has 0 fully saturated rings. The lowest BCUT2D eigenvalue weighted by atomic mass is 10.1. The Morgan fingerprint density at radius 3 is 2.47 bits per heavy atom. The van der Waals surface area contributed by atoms with E-state index in [-0.39, 0.29) is 24.4 Å².